The summed E-state index contributed by atoms with van der Waals surface area (Å²) in [6.07, 6.45) is 5.11. The van der Waals surface area contributed by atoms with Gasteiger partial charge in [-0.2, -0.15) is 0 Å². The second kappa shape index (κ2) is 9.90. The number of methoxy groups -OCH3 is 1. The zero-order valence-electron chi connectivity index (χ0n) is 21.2. The molecule has 0 radical (unpaired) electrons. The molecule has 1 amide bonds. The molecule has 192 valence electrons. The molecule has 38 heavy (non-hydrogen) atoms. The van der Waals surface area contributed by atoms with Gasteiger partial charge in [-0.05, 0) is 79.8 Å². The van der Waals surface area contributed by atoms with Crippen LogP contribution in [0.1, 0.15) is 34.5 Å². The lowest BCUT2D eigenvalue weighted by atomic mass is 9.97. The maximum absolute atomic E-state index is 14.0. The second-order valence-corrected chi connectivity index (χ2v) is 10.5. The van der Waals surface area contributed by atoms with E-state index in [1.54, 1.807) is 25.3 Å². The van der Waals surface area contributed by atoms with Gasteiger partial charge in [0.05, 0.1) is 22.8 Å². The third kappa shape index (κ3) is 4.26. The van der Waals surface area contributed by atoms with E-state index in [1.807, 2.05) is 12.1 Å². The molecule has 0 saturated carbocycles. The lowest BCUT2D eigenvalue weighted by Crippen LogP contribution is -2.15. The van der Waals surface area contributed by atoms with Crippen LogP contribution in [0.2, 0.25) is 10.0 Å². The SMILES string of the molecule is COc1ccc(-c2cn3c(C(=O)Nc4ccc(Cl)c(Cl)c4)c(-c4ccc(C)cc4)c4c3n2CCCC4)cc1. The topological polar surface area (TPSA) is 47.7 Å². The minimum Gasteiger partial charge on any atom is -0.497 e. The molecular formula is C31H27Cl2N3O2. The number of hydrogen-bond acceptors (Lipinski definition) is 2. The molecule has 0 aliphatic carbocycles. The zero-order chi connectivity index (χ0) is 26.4. The van der Waals surface area contributed by atoms with Gasteiger partial charge in [-0.1, -0.05) is 53.0 Å². The Morgan fingerprint density at radius 3 is 2.37 bits per heavy atom. The van der Waals surface area contributed by atoms with Crippen molar-refractivity contribution in [2.24, 2.45) is 0 Å². The summed E-state index contributed by atoms with van der Waals surface area (Å²) in [7, 11) is 1.67. The van der Waals surface area contributed by atoms with E-state index >= 15 is 0 Å². The first-order valence-electron chi connectivity index (χ1n) is 12.7. The quantitative estimate of drug-likeness (QED) is 0.242. The van der Waals surface area contributed by atoms with Crippen LogP contribution in [0.4, 0.5) is 5.69 Å². The van der Waals surface area contributed by atoms with Crippen LogP contribution in [-0.2, 0) is 13.0 Å². The van der Waals surface area contributed by atoms with E-state index in [1.165, 1.54) is 11.1 Å². The highest BCUT2D eigenvalue weighted by atomic mass is 35.5. The Morgan fingerprint density at radius 2 is 1.66 bits per heavy atom. The molecule has 0 unspecified atom stereocenters. The van der Waals surface area contributed by atoms with Crippen molar-refractivity contribution < 1.29 is 9.53 Å². The van der Waals surface area contributed by atoms with E-state index in [4.69, 9.17) is 27.9 Å². The monoisotopic (exact) mass is 543 g/mol. The highest BCUT2D eigenvalue weighted by molar-refractivity contribution is 6.42. The molecule has 0 bridgehead atoms. The Kier molecular flexibility index (Phi) is 6.42. The Hall–Kier alpha value is -3.67. The summed E-state index contributed by atoms with van der Waals surface area (Å²) < 4.78 is 9.80. The van der Waals surface area contributed by atoms with Crippen LogP contribution in [0.25, 0.3) is 28.0 Å². The lowest BCUT2D eigenvalue weighted by Gasteiger charge is -2.11. The summed E-state index contributed by atoms with van der Waals surface area (Å²) in [4.78, 5) is 14.0. The van der Waals surface area contributed by atoms with Crippen LogP contribution < -0.4 is 10.1 Å². The number of nitrogens with zero attached hydrogens (tertiary/aromatic N) is 2. The van der Waals surface area contributed by atoms with Crippen molar-refractivity contribution in [2.75, 3.05) is 12.4 Å². The lowest BCUT2D eigenvalue weighted by molar-refractivity contribution is 0.102. The first kappa shape index (κ1) is 24.7. The van der Waals surface area contributed by atoms with Crippen molar-refractivity contribution >= 4 is 40.4 Å². The predicted molar refractivity (Wildman–Crippen MR) is 155 cm³/mol. The molecule has 3 aromatic carbocycles. The molecular weight excluding hydrogens is 517 g/mol. The van der Waals surface area contributed by atoms with Gasteiger partial charge in [0.1, 0.15) is 17.1 Å². The van der Waals surface area contributed by atoms with Crippen LogP contribution in [0.3, 0.4) is 0 Å². The fraction of sp³-hybridized carbons (Fsp3) is 0.194. The molecule has 5 nitrogen and oxygen atoms in total. The Labute approximate surface area is 231 Å². The van der Waals surface area contributed by atoms with Crippen molar-refractivity contribution in [2.45, 2.75) is 32.7 Å². The van der Waals surface area contributed by atoms with Gasteiger partial charge in [0, 0.05) is 29.6 Å². The first-order valence-corrected chi connectivity index (χ1v) is 13.4. The maximum atomic E-state index is 14.0. The van der Waals surface area contributed by atoms with Crippen molar-refractivity contribution in [3.8, 4) is 28.1 Å². The number of ether oxygens (including phenoxy) is 1. The van der Waals surface area contributed by atoms with Crippen LogP contribution >= 0.6 is 23.2 Å². The summed E-state index contributed by atoms with van der Waals surface area (Å²) in [5.74, 6) is 0.617. The largest absolute Gasteiger partial charge is 0.497 e. The third-order valence-electron chi connectivity index (χ3n) is 7.25. The van der Waals surface area contributed by atoms with Gasteiger partial charge in [0.2, 0.25) is 0 Å². The summed E-state index contributed by atoms with van der Waals surface area (Å²) in [6, 6.07) is 21.6. The molecule has 6 rings (SSSR count). The number of imidazole rings is 1. The third-order valence-corrected chi connectivity index (χ3v) is 7.99. The van der Waals surface area contributed by atoms with Gasteiger partial charge in [-0.3, -0.25) is 9.20 Å². The molecule has 1 aliphatic heterocycles. The number of benzene rings is 3. The zero-order valence-corrected chi connectivity index (χ0v) is 22.7. The summed E-state index contributed by atoms with van der Waals surface area (Å²) in [6.45, 7) is 2.96. The number of amides is 1. The molecule has 1 aliphatic rings. The number of rotatable bonds is 5. The van der Waals surface area contributed by atoms with Gasteiger partial charge < -0.3 is 14.6 Å². The Morgan fingerprint density at radius 1 is 0.921 bits per heavy atom. The van der Waals surface area contributed by atoms with E-state index in [-0.39, 0.29) is 5.91 Å². The van der Waals surface area contributed by atoms with E-state index in [0.717, 1.165) is 59.6 Å². The molecule has 0 saturated heterocycles. The van der Waals surface area contributed by atoms with Crippen molar-refractivity contribution in [1.82, 2.24) is 8.97 Å². The van der Waals surface area contributed by atoms with E-state index in [0.29, 0.717) is 21.4 Å². The predicted octanol–water partition coefficient (Wildman–Crippen LogP) is 8.29. The molecule has 2 aromatic heterocycles. The number of aryl methyl sites for hydroxylation is 3. The minimum absolute atomic E-state index is 0.195. The fourth-order valence-corrected chi connectivity index (χ4v) is 5.69. The average Bonchev–Trinajstić information content (AvgIpc) is 3.34. The summed E-state index contributed by atoms with van der Waals surface area (Å²) in [5, 5.41) is 3.91. The first-order chi connectivity index (χ1) is 18.4. The van der Waals surface area contributed by atoms with Crippen LogP contribution in [-0.4, -0.2) is 22.0 Å². The van der Waals surface area contributed by atoms with Crippen LogP contribution in [0.5, 0.6) is 5.75 Å². The van der Waals surface area contributed by atoms with Crippen LogP contribution in [0, 0.1) is 6.92 Å². The number of nitrogens with one attached hydrogen (secondary N) is 1. The van der Waals surface area contributed by atoms with Crippen molar-refractivity contribution in [3.63, 3.8) is 0 Å². The minimum atomic E-state index is -0.195. The van der Waals surface area contributed by atoms with Gasteiger partial charge in [0.15, 0.2) is 0 Å². The molecule has 1 N–H and O–H groups in total. The highest BCUT2D eigenvalue weighted by Crippen LogP contribution is 2.40. The number of hydrogen-bond donors (Lipinski definition) is 1. The normalized spacial score (nSPS) is 12.9. The Balaban J connectivity index is 1.58. The van der Waals surface area contributed by atoms with E-state index in [9.17, 15) is 4.79 Å². The average molecular weight is 544 g/mol. The molecule has 0 spiro atoms. The number of aromatic nitrogens is 2. The smallest absolute Gasteiger partial charge is 0.273 e. The number of carbonyl (C=O) groups is 1. The highest BCUT2D eigenvalue weighted by Gasteiger charge is 2.29. The van der Waals surface area contributed by atoms with Gasteiger partial charge in [0.25, 0.3) is 5.91 Å². The fourth-order valence-electron chi connectivity index (χ4n) is 5.40. The maximum Gasteiger partial charge on any atom is 0.273 e. The molecule has 5 aromatic rings. The van der Waals surface area contributed by atoms with Gasteiger partial charge in [-0.15, -0.1) is 0 Å². The standard InChI is InChI=1S/C31H27Cl2N3O2/c1-19-6-8-21(9-7-19)28-24-5-3-4-16-35-27(20-10-13-23(38-2)14-11-20)18-36(31(24)35)29(28)30(37)34-22-12-15-25(32)26(33)17-22/h6-15,17-18H,3-5,16H2,1-2H3,(H,34,37). The second-order valence-electron chi connectivity index (χ2n) is 9.70. The molecule has 0 fully saturated rings. The summed E-state index contributed by atoms with van der Waals surface area (Å²) in [5.41, 5.74) is 8.82. The van der Waals surface area contributed by atoms with Crippen molar-refractivity contribution in [3.05, 3.63) is 99.8 Å². The van der Waals surface area contributed by atoms with E-state index in [2.05, 4.69) is 63.8 Å². The molecule has 7 heteroatoms. The number of carbonyl (C=O) groups excluding carboxylic acids is 1. The molecule has 3 heterocycles. The van der Waals surface area contributed by atoms with Crippen molar-refractivity contribution in [1.29, 1.82) is 0 Å². The number of anilines is 1. The van der Waals surface area contributed by atoms with Gasteiger partial charge in [-0.25, -0.2) is 0 Å². The number of halogens is 2. The van der Waals surface area contributed by atoms with Crippen LogP contribution in [0.15, 0.2) is 72.9 Å². The van der Waals surface area contributed by atoms with Gasteiger partial charge >= 0.3 is 0 Å². The summed E-state index contributed by atoms with van der Waals surface area (Å²) >= 11 is 12.4. The molecule has 0 atom stereocenters. The van der Waals surface area contributed by atoms with E-state index < -0.39 is 0 Å². The Bertz CT molecular complexity index is 1660.